The molecule has 0 saturated carbocycles. The Morgan fingerprint density at radius 1 is 1.16 bits per heavy atom. The third-order valence-electron chi connectivity index (χ3n) is 5.61. The standard InChI is InChI=1S/C26H26BrN3O7S/c1-2-36-24(32)16-37-21-8-7-18(27)13-17(21)14-22-25(33)30(26(34)38-22)15-23(31)28-19-5-3-4-6-20(19)29-9-11-35-12-10-29/h3-8,13-14H,2,9-12,15-16H2,1H3,(H,28,31)/b22-14+. The lowest BCUT2D eigenvalue weighted by Crippen LogP contribution is -2.38. The minimum atomic E-state index is -0.590. The maximum atomic E-state index is 13.1. The van der Waals surface area contributed by atoms with E-state index < -0.39 is 29.6 Å². The summed E-state index contributed by atoms with van der Waals surface area (Å²) >= 11 is 4.11. The predicted molar refractivity (Wildman–Crippen MR) is 147 cm³/mol. The molecule has 10 nitrogen and oxygen atoms in total. The molecule has 3 amide bonds. The maximum absolute atomic E-state index is 13.1. The van der Waals surface area contributed by atoms with Gasteiger partial charge in [0.1, 0.15) is 12.3 Å². The molecule has 0 aliphatic carbocycles. The second kappa shape index (κ2) is 12.9. The number of rotatable bonds is 9. The number of anilines is 2. The zero-order valence-electron chi connectivity index (χ0n) is 20.6. The molecule has 200 valence electrons. The third kappa shape index (κ3) is 6.94. The van der Waals surface area contributed by atoms with Gasteiger partial charge in [0.25, 0.3) is 11.1 Å². The van der Waals surface area contributed by atoms with Gasteiger partial charge in [-0.05, 0) is 55.1 Å². The van der Waals surface area contributed by atoms with Crippen molar-refractivity contribution in [3.8, 4) is 5.75 Å². The number of ether oxygens (including phenoxy) is 3. The second-order valence-electron chi connectivity index (χ2n) is 8.21. The van der Waals surface area contributed by atoms with E-state index in [0.717, 1.165) is 22.3 Å². The Morgan fingerprint density at radius 2 is 1.92 bits per heavy atom. The normalized spacial score (nSPS) is 16.6. The Balaban J connectivity index is 1.45. The van der Waals surface area contributed by atoms with E-state index in [1.807, 2.05) is 18.2 Å². The molecular weight excluding hydrogens is 578 g/mol. The van der Waals surface area contributed by atoms with Crippen LogP contribution in [-0.2, 0) is 23.9 Å². The van der Waals surface area contributed by atoms with E-state index in [0.29, 0.717) is 47.8 Å². The van der Waals surface area contributed by atoms with Crippen LogP contribution in [0.25, 0.3) is 6.08 Å². The SMILES string of the molecule is CCOC(=O)COc1ccc(Br)cc1/C=C1/SC(=O)N(CC(=O)Nc2ccccc2N2CCOCC2)C1=O. The molecule has 0 spiro atoms. The van der Waals surface area contributed by atoms with Crippen molar-refractivity contribution in [3.63, 3.8) is 0 Å². The molecule has 2 aliphatic rings. The van der Waals surface area contributed by atoms with Crippen molar-refractivity contribution < 1.29 is 33.4 Å². The van der Waals surface area contributed by atoms with E-state index in [1.54, 1.807) is 31.2 Å². The van der Waals surface area contributed by atoms with Gasteiger partial charge in [0.05, 0.1) is 36.1 Å². The molecule has 0 radical (unpaired) electrons. The van der Waals surface area contributed by atoms with Gasteiger partial charge in [-0.2, -0.15) is 0 Å². The van der Waals surface area contributed by atoms with Crippen LogP contribution in [0, 0.1) is 0 Å². The number of thioether (sulfide) groups is 1. The minimum absolute atomic E-state index is 0.135. The summed E-state index contributed by atoms with van der Waals surface area (Å²) in [6.07, 6.45) is 1.50. The molecule has 0 bridgehead atoms. The summed E-state index contributed by atoms with van der Waals surface area (Å²) in [4.78, 5) is 53.4. The van der Waals surface area contributed by atoms with Gasteiger partial charge < -0.3 is 24.4 Å². The molecule has 0 aromatic heterocycles. The lowest BCUT2D eigenvalue weighted by atomic mass is 10.2. The highest BCUT2D eigenvalue weighted by Crippen LogP contribution is 2.35. The van der Waals surface area contributed by atoms with E-state index in [1.165, 1.54) is 6.08 Å². The van der Waals surface area contributed by atoms with Gasteiger partial charge in [-0.25, -0.2) is 4.79 Å². The van der Waals surface area contributed by atoms with Crippen molar-refractivity contribution in [3.05, 3.63) is 57.4 Å². The number of morpholine rings is 1. The number of esters is 1. The predicted octanol–water partition coefficient (Wildman–Crippen LogP) is 3.90. The van der Waals surface area contributed by atoms with Crippen molar-refractivity contribution in [1.29, 1.82) is 0 Å². The number of carbonyl (C=O) groups is 4. The first-order valence-electron chi connectivity index (χ1n) is 11.9. The average molecular weight is 604 g/mol. The number of benzene rings is 2. The molecule has 2 aliphatic heterocycles. The Morgan fingerprint density at radius 3 is 2.68 bits per heavy atom. The summed E-state index contributed by atoms with van der Waals surface area (Å²) in [6.45, 7) is 3.78. The monoisotopic (exact) mass is 603 g/mol. The van der Waals surface area contributed by atoms with Crippen LogP contribution >= 0.6 is 27.7 Å². The lowest BCUT2D eigenvalue weighted by molar-refractivity contribution is -0.145. The van der Waals surface area contributed by atoms with Crippen LogP contribution < -0.4 is 15.0 Å². The van der Waals surface area contributed by atoms with E-state index >= 15 is 0 Å². The fourth-order valence-electron chi connectivity index (χ4n) is 3.87. The first-order chi connectivity index (χ1) is 18.4. The molecule has 0 unspecified atom stereocenters. The summed E-state index contributed by atoms with van der Waals surface area (Å²) in [5, 5.41) is 2.27. The molecule has 38 heavy (non-hydrogen) atoms. The van der Waals surface area contributed by atoms with Gasteiger partial charge in [0.15, 0.2) is 6.61 Å². The van der Waals surface area contributed by atoms with E-state index in [2.05, 4.69) is 26.1 Å². The van der Waals surface area contributed by atoms with Crippen LogP contribution in [0.3, 0.4) is 0 Å². The highest BCUT2D eigenvalue weighted by molar-refractivity contribution is 9.10. The van der Waals surface area contributed by atoms with E-state index in [9.17, 15) is 19.2 Å². The maximum Gasteiger partial charge on any atom is 0.344 e. The second-order valence-corrected chi connectivity index (χ2v) is 10.1. The Labute approximate surface area is 232 Å². The smallest absolute Gasteiger partial charge is 0.344 e. The third-order valence-corrected chi connectivity index (χ3v) is 7.02. The van der Waals surface area contributed by atoms with E-state index in [4.69, 9.17) is 14.2 Å². The fraction of sp³-hybridized carbons (Fsp3) is 0.308. The van der Waals surface area contributed by atoms with Crippen molar-refractivity contribution in [2.75, 3.05) is 56.3 Å². The molecule has 2 heterocycles. The van der Waals surface area contributed by atoms with Crippen molar-refractivity contribution in [2.24, 2.45) is 0 Å². The molecule has 4 rings (SSSR count). The quantitative estimate of drug-likeness (QED) is 0.336. The lowest BCUT2D eigenvalue weighted by Gasteiger charge is -2.30. The van der Waals surface area contributed by atoms with Gasteiger partial charge >= 0.3 is 5.97 Å². The summed E-state index contributed by atoms with van der Waals surface area (Å²) in [6, 6.07) is 12.4. The molecule has 2 aromatic carbocycles. The number of para-hydroxylation sites is 2. The summed E-state index contributed by atoms with van der Waals surface area (Å²) in [5.41, 5.74) is 1.93. The van der Waals surface area contributed by atoms with E-state index in [-0.39, 0.29) is 18.1 Å². The van der Waals surface area contributed by atoms with Crippen LogP contribution in [-0.4, -0.2) is 74.0 Å². The number of amides is 3. The molecule has 2 saturated heterocycles. The topological polar surface area (TPSA) is 114 Å². The van der Waals surface area contributed by atoms with Crippen LogP contribution in [0.4, 0.5) is 16.2 Å². The molecule has 0 atom stereocenters. The molecule has 2 fully saturated rings. The molecule has 1 N–H and O–H groups in total. The Bertz CT molecular complexity index is 1260. The zero-order chi connectivity index (χ0) is 27.1. The number of hydrogen-bond acceptors (Lipinski definition) is 9. The number of nitrogens with zero attached hydrogens (tertiary/aromatic N) is 2. The number of halogens is 1. The fourth-order valence-corrected chi connectivity index (χ4v) is 5.08. The summed E-state index contributed by atoms with van der Waals surface area (Å²) < 4.78 is 16.6. The van der Waals surface area contributed by atoms with Crippen LogP contribution in [0.1, 0.15) is 12.5 Å². The van der Waals surface area contributed by atoms with Crippen LogP contribution in [0.5, 0.6) is 5.75 Å². The van der Waals surface area contributed by atoms with Crippen molar-refractivity contribution in [1.82, 2.24) is 4.90 Å². The van der Waals surface area contributed by atoms with Crippen molar-refractivity contribution in [2.45, 2.75) is 6.92 Å². The highest BCUT2D eigenvalue weighted by Gasteiger charge is 2.36. The highest BCUT2D eigenvalue weighted by atomic mass is 79.9. The average Bonchev–Trinajstić information content (AvgIpc) is 3.16. The zero-order valence-corrected chi connectivity index (χ0v) is 23.0. The number of carbonyl (C=O) groups excluding carboxylic acids is 4. The Kier molecular flexibility index (Phi) is 9.43. The van der Waals surface area contributed by atoms with Gasteiger partial charge in [-0.3, -0.25) is 19.3 Å². The minimum Gasteiger partial charge on any atom is -0.481 e. The van der Waals surface area contributed by atoms with Gasteiger partial charge in [-0.1, -0.05) is 28.1 Å². The van der Waals surface area contributed by atoms with Gasteiger partial charge in [0, 0.05) is 23.1 Å². The number of hydrogen-bond donors (Lipinski definition) is 1. The first kappa shape index (κ1) is 27.7. The first-order valence-corrected chi connectivity index (χ1v) is 13.5. The van der Waals surface area contributed by atoms with Gasteiger partial charge in [0.2, 0.25) is 5.91 Å². The summed E-state index contributed by atoms with van der Waals surface area (Å²) in [7, 11) is 0. The van der Waals surface area contributed by atoms with Crippen LogP contribution in [0.2, 0.25) is 0 Å². The Hall–Kier alpha value is -3.35. The largest absolute Gasteiger partial charge is 0.481 e. The van der Waals surface area contributed by atoms with Crippen LogP contribution in [0.15, 0.2) is 51.8 Å². The molecule has 12 heteroatoms. The summed E-state index contributed by atoms with van der Waals surface area (Å²) in [5.74, 6) is -1.27. The van der Waals surface area contributed by atoms with Gasteiger partial charge in [-0.15, -0.1) is 0 Å². The number of imide groups is 1. The molecule has 2 aromatic rings. The van der Waals surface area contributed by atoms with Crippen molar-refractivity contribution >= 4 is 68.2 Å². The number of nitrogens with one attached hydrogen (secondary N) is 1. The molecular formula is C26H26BrN3O7S.